The number of nitrogens with zero attached hydrogens (tertiary/aromatic N) is 2. The summed E-state index contributed by atoms with van der Waals surface area (Å²) < 4.78 is 17.3. The second-order valence-corrected chi connectivity index (χ2v) is 4.62. The van der Waals surface area contributed by atoms with Crippen molar-refractivity contribution >= 4 is 17.5 Å². The third-order valence-electron chi connectivity index (χ3n) is 2.64. The first-order valence-electron chi connectivity index (χ1n) is 5.68. The molecule has 0 saturated heterocycles. The number of hydrogen-bond donors (Lipinski definition) is 1. The lowest BCUT2D eigenvalue weighted by atomic mass is 10.1. The first-order valence-corrected chi connectivity index (χ1v) is 6.06. The standard InChI is InChI=1S/C12H11ClFN3O3/c1-17(6-10-15-12(19)20-16-10)11(18)5-7-2-3-9(14)8(13)4-7/h2-4H,5-6H2,1H3,(H,15,16,19). The molecule has 0 fully saturated rings. The molecule has 0 atom stereocenters. The van der Waals surface area contributed by atoms with E-state index in [1.54, 1.807) is 7.05 Å². The van der Waals surface area contributed by atoms with Crippen molar-refractivity contribution in [3.05, 3.63) is 51.0 Å². The van der Waals surface area contributed by atoms with Gasteiger partial charge < -0.3 is 4.90 Å². The van der Waals surface area contributed by atoms with Crippen LogP contribution in [0.5, 0.6) is 0 Å². The molecule has 0 saturated carbocycles. The molecule has 2 rings (SSSR count). The average Bonchev–Trinajstić information content (AvgIpc) is 2.79. The SMILES string of the molecule is CN(Cc1noc(=O)[nH]1)C(=O)Cc1ccc(F)c(Cl)c1. The van der Waals surface area contributed by atoms with Gasteiger partial charge in [0, 0.05) is 7.05 Å². The highest BCUT2D eigenvalue weighted by Gasteiger charge is 2.13. The van der Waals surface area contributed by atoms with E-state index in [0.717, 1.165) is 0 Å². The molecule has 0 aliphatic heterocycles. The number of halogens is 2. The summed E-state index contributed by atoms with van der Waals surface area (Å²) in [5, 5.41) is 3.43. The van der Waals surface area contributed by atoms with Crippen molar-refractivity contribution in [3.8, 4) is 0 Å². The number of carbonyl (C=O) groups is 1. The molecule has 0 unspecified atom stereocenters. The van der Waals surface area contributed by atoms with Crippen molar-refractivity contribution in [2.24, 2.45) is 0 Å². The molecule has 20 heavy (non-hydrogen) atoms. The van der Waals surface area contributed by atoms with Gasteiger partial charge in [0.2, 0.25) is 5.91 Å². The van der Waals surface area contributed by atoms with Gasteiger partial charge >= 0.3 is 5.76 Å². The van der Waals surface area contributed by atoms with Crippen LogP contribution in [0.3, 0.4) is 0 Å². The number of likely N-dealkylation sites (N-methyl/N-ethyl adjacent to an activating group) is 1. The van der Waals surface area contributed by atoms with Crippen LogP contribution in [-0.4, -0.2) is 28.0 Å². The van der Waals surface area contributed by atoms with Crippen molar-refractivity contribution in [3.63, 3.8) is 0 Å². The van der Waals surface area contributed by atoms with Crippen molar-refractivity contribution < 1.29 is 13.7 Å². The van der Waals surface area contributed by atoms with Gasteiger partial charge in [0.25, 0.3) is 0 Å². The highest BCUT2D eigenvalue weighted by atomic mass is 35.5. The molecule has 106 valence electrons. The maximum absolute atomic E-state index is 13.0. The minimum absolute atomic E-state index is 0.0289. The molecule has 0 radical (unpaired) electrons. The van der Waals surface area contributed by atoms with E-state index in [1.165, 1.54) is 23.1 Å². The number of nitrogens with one attached hydrogen (secondary N) is 1. The molecule has 1 aromatic heterocycles. The van der Waals surface area contributed by atoms with Gasteiger partial charge in [-0.25, -0.2) is 9.18 Å². The van der Waals surface area contributed by atoms with E-state index in [1.807, 2.05) is 0 Å². The van der Waals surface area contributed by atoms with Gasteiger partial charge in [0.1, 0.15) is 5.82 Å². The van der Waals surface area contributed by atoms with Crippen molar-refractivity contribution in [2.45, 2.75) is 13.0 Å². The predicted octanol–water partition coefficient (Wildman–Crippen LogP) is 1.36. The fraction of sp³-hybridized carbons (Fsp3) is 0.250. The Balaban J connectivity index is 2.00. The number of rotatable bonds is 4. The molecule has 1 heterocycles. The molecule has 6 nitrogen and oxygen atoms in total. The topological polar surface area (TPSA) is 79.2 Å². The van der Waals surface area contributed by atoms with Gasteiger partial charge in [0.15, 0.2) is 5.82 Å². The zero-order chi connectivity index (χ0) is 14.7. The van der Waals surface area contributed by atoms with Crippen molar-refractivity contribution in [1.29, 1.82) is 0 Å². The van der Waals surface area contributed by atoms with Crippen LogP contribution in [0.4, 0.5) is 4.39 Å². The lowest BCUT2D eigenvalue weighted by Crippen LogP contribution is -2.28. The van der Waals surface area contributed by atoms with E-state index >= 15 is 0 Å². The normalized spacial score (nSPS) is 10.6. The highest BCUT2D eigenvalue weighted by Crippen LogP contribution is 2.16. The van der Waals surface area contributed by atoms with Gasteiger partial charge in [0.05, 0.1) is 18.0 Å². The Bertz CT molecular complexity index is 683. The van der Waals surface area contributed by atoms with E-state index in [-0.39, 0.29) is 29.7 Å². The number of aromatic nitrogens is 2. The minimum atomic E-state index is -0.675. The number of H-pyrrole nitrogens is 1. The Labute approximate surface area is 118 Å². The van der Waals surface area contributed by atoms with Crippen LogP contribution in [-0.2, 0) is 17.8 Å². The van der Waals surface area contributed by atoms with Gasteiger partial charge in [-0.05, 0) is 17.7 Å². The molecule has 8 heteroatoms. The molecule has 1 amide bonds. The summed E-state index contributed by atoms with van der Waals surface area (Å²) in [5.74, 6) is -1.18. The molecule has 0 bridgehead atoms. The van der Waals surface area contributed by atoms with E-state index in [2.05, 4.69) is 14.7 Å². The van der Waals surface area contributed by atoms with Crippen LogP contribution in [0.2, 0.25) is 5.02 Å². The van der Waals surface area contributed by atoms with Crippen molar-refractivity contribution in [2.75, 3.05) is 7.05 Å². The first kappa shape index (κ1) is 14.3. The molecule has 1 aromatic carbocycles. The maximum Gasteiger partial charge on any atom is 0.438 e. The fourth-order valence-electron chi connectivity index (χ4n) is 1.60. The molecule has 0 aliphatic carbocycles. The summed E-state index contributed by atoms with van der Waals surface area (Å²) in [6.45, 7) is 0.111. The molecule has 0 spiro atoms. The van der Waals surface area contributed by atoms with E-state index in [4.69, 9.17) is 11.6 Å². The smallest absolute Gasteiger partial charge is 0.338 e. The number of carbonyl (C=O) groups excluding carboxylic acids is 1. The van der Waals surface area contributed by atoms with Crippen LogP contribution in [0.15, 0.2) is 27.5 Å². The Morgan fingerprint density at radius 3 is 2.90 bits per heavy atom. The number of amides is 1. The lowest BCUT2D eigenvalue weighted by Gasteiger charge is -2.15. The zero-order valence-electron chi connectivity index (χ0n) is 10.5. The summed E-state index contributed by atoms with van der Waals surface area (Å²) in [6.07, 6.45) is 0.0680. The van der Waals surface area contributed by atoms with Crippen LogP contribution in [0.1, 0.15) is 11.4 Å². The van der Waals surface area contributed by atoms with Crippen LogP contribution < -0.4 is 5.76 Å². The second-order valence-electron chi connectivity index (χ2n) is 4.22. The Hall–Kier alpha value is -2.15. The van der Waals surface area contributed by atoms with E-state index in [0.29, 0.717) is 5.56 Å². The van der Waals surface area contributed by atoms with E-state index in [9.17, 15) is 14.0 Å². The van der Waals surface area contributed by atoms with Crippen molar-refractivity contribution in [1.82, 2.24) is 15.0 Å². The summed E-state index contributed by atoms with van der Waals surface area (Å²) in [6, 6.07) is 4.10. The van der Waals surface area contributed by atoms with Gasteiger partial charge in [-0.3, -0.25) is 14.3 Å². The molecule has 2 aromatic rings. The number of aromatic amines is 1. The maximum atomic E-state index is 13.0. The molecule has 0 aliphatic rings. The summed E-state index contributed by atoms with van der Waals surface area (Å²) >= 11 is 5.65. The first-order chi connectivity index (χ1) is 9.45. The fourth-order valence-corrected chi connectivity index (χ4v) is 1.80. The summed E-state index contributed by atoms with van der Waals surface area (Å²) in [4.78, 5) is 26.4. The highest BCUT2D eigenvalue weighted by molar-refractivity contribution is 6.30. The summed E-state index contributed by atoms with van der Waals surface area (Å²) in [5.41, 5.74) is 0.599. The summed E-state index contributed by atoms with van der Waals surface area (Å²) in [7, 11) is 1.56. The van der Waals surface area contributed by atoms with Gasteiger partial charge in [-0.1, -0.05) is 22.8 Å². The second kappa shape index (κ2) is 5.87. The molecule has 1 N–H and O–H groups in total. The molecular weight excluding hydrogens is 289 g/mol. The van der Waals surface area contributed by atoms with Gasteiger partial charge in [-0.2, -0.15) is 0 Å². The zero-order valence-corrected chi connectivity index (χ0v) is 11.3. The monoisotopic (exact) mass is 299 g/mol. The molecular formula is C12H11ClFN3O3. The Morgan fingerprint density at radius 2 is 2.30 bits per heavy atom. The van der Waals surface area contributed by atoms with Gasteiger partial charge in [-0.15, -0.1) is 0 Å². The average molecular weight is 300 g/mol. The quantitative estimate of drug-likeness (QED) is 0.924. The number of benzene rings is 1. The van der Waals surface area contributed by atoms with Crippen LogP contribution in [0.25, 0.3) is 0 Å². The van der Waals surface area contributed by atoms with E-state index < -0.39 is 11.6 Å². The predicted molar refractivity (Wildman–Crippen MR) is 68.7 cm³/mol. The van der Waals surface area contributed by atoms with Crippen LogP contribution in [0, 0.1) is 5.82 Å². The Morgan fingerprint density at radius 1 is 1.55 bits per heavy atom. The Kier molecular flexibility index (Phi) is 4.19. The third-order valence-corrected chi connectivity index (χ3v) is 2.93. The lowest BCUT2D eigenvalue weighted by molar-refractivity contribution is -0.129. The third kappa shape index (κ3) is 3.45. The van der Waals surface area contributed by atoms with Crippen LogP contribution >= 0.6 is 11.6 Å². The number of hydrogen-bond acceptors (Lipinski definition) is 4. The largest absolute Gasteiger partial charge is 0.438 e. The minimum Gasteiger partial charge on any atom is -0.338 e.